The summed E-state index contributed by atoms with van der Waals surface area (Å²) < 4.78 is 5.48. The summed E-state index contributed by atoms with van der Waals surface area (Å²) in [5, 5.41) is 3.03. The van der Waals surface area contributed by atoms with Gasteiger partial charge in [-0.15, -0.1) is 0 Å². The van der Waals surface area contributed by atoms with Gasteiger partial charge in [-0.1, -0.05) is 27.4 Å². The Balaban J connectivity index is 3.72. The molecular weight excluding hydrogens is 150 g/mol. The summed E-state index contributed by atoms with van der Waals surface area (Å²) in [7, 11) is 1.91. The Kier molecular flexibility index (Phi) is 4.98. The van der Waals surface area contributed by atoms with Crippen molar-refractivity contribution in [2.75, 3.05) is 20.2 Å². The number of rotatable bonds is 6. The van der Waals surface area contributed by atoms with E-state index in [1.54, 1.807) is 0 Å². The lowest BCUT2D eigenvalue weighted by Crippen LogP contribution is -2.19. The van der Waals surface area contributed by atoms with Gasteiger partial charge in [0.05, 0.1) is 5.76 Å². The van der Waals surface area contributed by atoms with Crippen molar-refractivity contribution in [3.05, 3.63) is 12.3 Å². The first-order valence-corrected chi connectivity index (χ1v) is 4.51. The van der Waals surface area contributed by atoms with Crippen molar-refractivity contribution in [2.24, 2.45) is 5.41 Å². The third-order valence-electron chi connectivity index (χ3n) is 2.27. The molecule has 0 bridgehead atoms. The van der Waals surface area contributed by atoms with E-state index >= 15 is 0 Å². The van der Waals surface area contributed by atoms with Gasteiger partial charge in [0, 0.05) is 12.0 Å². The predicted octanol–water partition coefficient (Wildman–Crippen LogP) is 2.17. The Labute approximate surface area is 76.0 Å². The maximum Gasteiger partial charge on any atom is 0.100 e. The van der Waals surface area contributed by atoms with Crippen molar-refractivity contribution >= 4 is 0 Å². The van der Waals surface area contributed by atoms with Gasteiger partial charge in [-0.2, -0.15) is 0 Å². The topological polar surface area (TPSA) is 21.3 Å². The number of ether oxygens (including phenoxy) is 1. The lowest BCUT2D eigenvalue weighted by Gasteiger charge is -2.25. The molecule has 0 amide bonds. The van der Waals surface area contributed by atoms with Crippen LogP contribution in [0.4, 0.5) is 0 Å². The summed E-state index contributed by atoms with van der Waals surface area (Å²) in [4.78, 5) is 0. The molecule has 72 valence electrons. The first-order valence-electron chi connectivity index (χ1n) is 4.51. The van der Waals surface area contributed by atoms with Gasteiger partial charge in [0.2, 0.25) is 0 Å². The quantitative estimate of drug-likeness (QED) is 0.488. The molecule has 12 heavy (non-hydrogen) atoms. The summed E-state index contributed by atoms with van der Waals surface area (Å²) in [5.74, 6) is 0.889. The molecule has 0 fully saturated rings. The van der Waals surface area contributed by atoms with E-state index < -0.39 is 0 Å². The highest BCUT2D eigenvalue weighted by Gasteiger charge is 2.20. The van der Waals surface area contributed by atoms with Crippen LogP contribution in [0.5, 0.6) is 0 Å². The molecule has 0 saturated heterocycles. The SMILES string of the molecule is C=C(OCCNC)C(C)(C)CC. The Bertz CT molecular complexity index is 141. The highest BCUT2D eigenvalue weighted by molar-refractivity contribution is 4.97. The molecular formula is C10H21NO. The normalized spacial score (nSPS) is 11.3. The third-order valence-corrected chi connectivity index (χ3v) is 2.27. The zero-order valence-electron chi connectivity index (χ0n) is 8.74. The monoisotopic (exact) mass is 171 g/mol. The number of allylic oxidation sites excluding steroid dienone is 1. The van der Waals surface area contributed by atoms with Crippen molar-refractivity contribution in [1.29, 1.82) is 0 Å². The second kappa shape index (κ2) is 5.20. The van der Waals surface area contributed by atoms with Crippen molar-refractivity contribution in [3.63, 3.8) is 0 Å². The molecule has 0 aliphatic carbocycles. The van der Waals surface area contributed by atoms with Gasteiger partial charge in [0.25, 0.3) is 0 Å². The van der Waals surface area contributed by atoms with Crippen LogP contribution in [-0.2, 0) is 4.74 Å². The van der Waals surface area contributed by atoms with Gasteiger partial charge >= 0.3 is 0 Å². The second-order valence-corrected chi connectivity index (χ2v) is 3.61. The first-order chi connectivity index (χ1) is 5.54. The first kappa shape index (κ1) is 11.5. The molecule has 2 nitrogen and oxygen atoms in total. The second-order valence-electron chi connectivity index (χ2n) is 3.61. The molecule has 0 saturated carbocycles. The molecule has 0 aromatic rings. The fourth-order valence-electron chi connectivity index (χ4n) is 0.669. The molecule has 0 radical (unpaired) electrons. The smallest absolute Gasteiger partial charge is 0.100 e. The lowest BCUT2D eigenvalue weighted by atomic mass is 9.88. The Morgan fingerprint density at radius 1 is 1.50 bits per heavy atom. The highest BCUT2D eigenvalue weighted by Crippen LogP contribution is 2.28. The number of hydrogen-bond acceptors (Lipinski definition) is 2. The molecule has 0 rings (SSSR count). The molecule has 0 aromatic heterocycles. The van der Waals surface area contributed by atoms with Crippen LogP contribution in [-0.4, -0.2) is 20.2 Å². The summed E-state index contributed by atoms with van der Waals surface area (Å²) in [6, 6.07) is 0. The van der Waals surface area contributed by atoms with Gasteiger partial charge in [-0.3, -0.25) is 0 Å². The molecule has 2 heteroatoms. The minimum absolute atomic E-state index is 0.105. The van der Waals surface area contributed by atoms with Crippen molar-refractivity contribution in [2.45, 2.75) is 27.2 Å². The molecule has 1 N–H and O–H groups in total. The average Bonchev–Trinajstić information content (AvgIpc) is 2.05. The van der Waals surface area contributed by atoms with E-state index in [0.717, 1.165) is 18.7 Å². The van der Waals surface area contributed by atoms with Crippen LogP contribution in [0.2, 0.25) is 0 Å². The Morgan fingerprint density at radius 2 is 2.08 bits per heavy atom. The van der Waals surface area contributed by atoms with Gasteiger partial charge in [0.1, 0.15) is 6.61 Å². The Morgan fingerprint density at radius 3 is 2.50 bits per heavy atom. The molecule has 0 aromatic carbocycles. The zero-order valence-corrected chi connectivity index (χ0v) is 8.74. The lowest BCUT2D eigenvalue weighted by molar-refractivity contribution is 0.144. The van der Waals surface area contributed by atoms with Crippen molar-refractivity contribution in [1.82, 2.24) is 5.32 Å². The van der Waals surface area contributed by atoms with Crippen LogP contribution in [0.15, 0.2) is 12.3 Å². The minimum Gasteiger partial charge on any atom is -0.497 e. The Hall–Kier alpha value is -0.500. The highest BCUT2D eigenvalue weighted by atomic mass is 16.5. The maximum atomic E-state index is 5.48. The molecule has 0 spiro atoms. The molecule has 0 aliphatic heterocycles. The largest absolute Gasteiger partial charge is 0.497 e. The summed E-state index contributed by atoms with van der Waals surface area (Å²) in [6.07, 6.45) is 1.06. The molecule has 0 unspecified atom stereocenters. The van der Waals surface area contributed by atoms with Crippen LogP contribution in [0, 0.1) is 5.41 Å². The van der Waals surface area contributed by atoms with E-state index in [1.807, 2.05) is 7.05 Å². The number of nitrogens with one attached hydrogen (secondary N) is 1. The summed E-state index contributed by atoms with van der Waals surface area (Å²) in [6.45, 7) is 11.9. The van der Waals surface area contributed by atoms with Crippen LogP contribution in [0.3, 0.4) is 0 Å². The standard InChI is InChI=1S/C10H21NO/c1-6-10(3,4)9(2)12-8-7-11-5/h11H,2,6-8H2,1,3-5H3. The number of hydrogen-bond donors (Lipinski definition) is 1. The maximum absolute atomic E-state index is 5.48. The van der Waals surface area contributed by atoms with Crippen LogP contribution in [0.1, 0.15) is 27.2 Å². The van der Waals surface area contributed by atoms with E-state index in [9.17, 15) is 0 Å². The van der Waals surface area contributed by atoms with Crippen LogP contribution in [0.25, 0.3) is 0 Å². The van der Waals surface area contributed by atoms with Gasteiger partial charge in [0.15, 0.2) is 0 Å². The average molecular weight is 171 g/mol. The fraction of sp³-hybridized carbons (Fsp3) is 0.800. The minimum atomic E-state index is 0.105. The van der Waals surface area contributed by atoms with Crippen LogP contribution >= 0.6 is 0 Å². The molecule has 0 heterocycles. The van der Waals surface area contributed by atoms with Crippen molar-refractivity contribution < 1.29 is 4.74 Å². The van der Waals surface area contributed by atoms with Crippen LogP contribution < -0.4 is 5.32 Å². The molecule has 0 atom stereocenters. The summed E-state index contributed by atoms with van der Waals surface area (Å²) in [5.41, 5.74) is 0.105. The van der Waals surface area contributed by atoms with Crippen molar-refractivity contribution in [3.8, 4) is 0 Å². The van der Waals surface area contributed by atoms with E-state index in [1.165, 1.54) is 0 Å². The summed E-state index contributed by atoms with van der Waals surface area (Å²) >= 11 is 0. The zero-order chi connectivity index (χ0) is 9.61. The van der Waals surface area contributed by atoms with E-state index in [-0.39, 0.29) is 5.41 Å². The van der Waals surface area contributed by atoms with E-state index in [0.29, 0.717) is 6.61 Å². The van der Waals surface area contributed by atoms with E-state index in [4.69, 9.17) is 4.74 Å². The molecule has 0 aliphatic rings. The number of likely N-dealkylation sites (N-methyl/N-ethyl adjacent to an activating group) is 1. The predicted molar refractivity (Wildman–Crippen MR) is 53.1 cm³/mol. The van der Waals surface area contributed by atoms with Gasteiger partial charge in [-0.25, -0.2) is 0 Å². The van der Waals surface area contributed by atoms with Gasteiger partial charge < -0.3 is 10.1 Å². The van der Waals surface area contributed by atoms with E-state index in [2.05, 4.69) is 32.7 Å². The third kappa shape index (κ3) is 3.77. The fourth-order valence-corrected chi connectivity index (χ4v) is 0.669. The van der Waals surface area contributed by atoms with Gasteiger partial charge in [-0.05, 0) is 13.5 Å².